The third-order valence-electron chi connectivity index (χ3n) is 5.72. The van der Waals surface area contributed by atoms with Gasteiger partial charge in [0.1, 0.15) is 12.4 Å². The van der Waals surface area contributed by atoms with Crippen LogP contribution in [0.5, 0.6) is 5.75 Å². The second-order valence-corrected chi connectivity index (χ2v) is 7.64. The number of morpholine rings is 1. The third-order valence-corrected chi connectivity index (χ3v) is 5.72. The Hall–Kier alpha value is -2.37. The van der Waals surface area contributed by atoms with Crippen molar-refractivity contribution in [3.05, 3.63) is 60.2 Å². The highest BCUT2D eigenvalue weighted by Crippen LogP contribution is 2.33. The molecule has 5 nitrogen and oxygen atoms in total. The molecule has 0 aliphatic carbocycles. The zero-order valence-corrected chi connectivity index (χ0v) is 16.5. The van der Waals surface area contributed by atoms with Gasteiger partial charge < -0.3 is 14.4 Å². The number of carbonyl (C=O) groups excluding carboxylic acids is 1. The molecule has 1 amide bonds. The molecule has 0 bridgehead atoms. The third kappa shape index (κ3) is 4.21. The minimum atomic E-state index is -0.223. The van der Waals surface area contributed by atoms with Gasteiger partial charge in [0, 0.05) is 25.3 Å². The van der Waals surface area contributed by atoms with E-state index in [0.29, 0.717) is 13.2 Å². The Morgan fingerprint density at radius 3 is 2.43 bits per heavy atom. The molecule has 0 atom stereocenters. The molecule has 2 saturated heterocycles. The summed E-state index contributed by atoms with van der Waals surface area (Å²) in [6.45, 7) is 6.39. The zero-order valence-electron chi connectivity index (χ0n) is 16.5. The van der Waals surface area contributed by atoms with Crippen molar-refractivity contribution in [2.24, 2.45) is 0 Å². The Bertz CT molecular complexity index is 783. The van der Waals surface area contributed by atoms with Gasteiger partial charge in [0.05, 0.1) is 18.8 Å². The van der Waals surface area contributed by atoms with E-state index in [1.165, 1.54) is 5.56 Å². The molecule has 1 spiro atoms. The lowest BCUT2D eigenvalue weighted by Gasteiger charge is -2.47. The summed E-state index contributed by atoms with van der Waals surface area (Å²) in [7, 11) is 0. The van der Waals surface area contributed by atoms with Crippen molar-refractivity contribution < 1.29 is 14.3 Å². The van der Waals surface area contributed by atoms with Crippen LogP contribution in [0, 0.1) is 0 Å². The number of nitrogens with zero attached hydrogens (tertiary/aromatic N) is 2. The number of hydrogen-bond donors (Lipinski definition) is 0. The predicted molar refractivity (Wildman–Crippen MR) is 110 cm³/mol. The van der Waals surface area contributed by atoms with E-state index < -0.39 is 0 Å². The van der Waals surface area contributed by atoms with E-state index in [2.05, 4.69) is 17.0 Å². The van der Waals surface area contributed by atoms with Crippen LogP contribution < -0.4 is 9.64 Å². The summed E-state index contributed by atoms with van der Waals surface area (Å²) < 4.78 is 11.6. The maximum absolute atomic E-state index is 12.4. The molecule has 5 heteroatoms. The monoisotopic (exact) mass is 380 g/mol. The Labute approximate surface area is 166 Å². The molecule has 4 rings (SSSR count). The molecule has 148 valence electrons. The van der Waals surface area contributed by atoms with E-state index in [0.717, 1.165) is 43.9 Å². The van der Waals surface area contributed by atoms with Crippen LogP contribution in [-0.4, -0.2) is 49.3 Å². The quantitative estimate of drug-likeness (QED) is 0.796. The van der Waals surface area contributed by atoms with Crippen molar-refractivity contribution in [2.75, 3.05) is 37.7 Å². The number of likely N-dealkylation sites (tertiary alicyclic amines) is 1. The van der Waals surface area contributed by atoms with Crippen LogP contribution in [0.1, 0.15) is 25.3 Å². The molecule has 2 aromatic rings. The van der Waals surface area contributed by atoms with E-state index in [1.54, 1.807) is 0 Å². The second kappa shape index (κ2) is 8.33. The van der Waals surface area contributed by atoms with Gasteiger partial charge in [-0.1, -0.05) is 30.3 Å². The highest BCUT2D eigenvalue weighted by molar-refractivity contribution is 5.95. The summed E-state index contributed by atoms with van der Waals surface area (Å²) in [6.07, 6.45) is 1.89. The van der Waals surface area contributed by atoms with E-state index in [-0.39, 0.29) is 18.1 Å². The second-order valence-electron chi connectivity index (χ2n) is 7.64. The number of rotatable bonds is 5. The molecular formula is C23H28N2O3. The summed E-state index contributed by atoms with van der Waals surface area (Å²) in [5.74, 6) is 0.971. The summed E-state index contributed by atoms with van der Waals surface area (Å²) in [5.41, 5.74) is 2.04. The Morgan fingerprint density at radius 1 is 1.04 bits per heavy atom. The SMILES string of the molecule is CCOc1ccc(CN2CCC3(CC2)CN(c2ccccc2)C(=O)CO3)cc1. The lowest BCUT2D eigenvalue weighted by Crippen LogP contribution is -2.58. The first-order chi connectivity index (χ1) is 13.7. The number of ether oxygens (including phenoxy) is 2. The van der Waals surface area contributed by atoms with Crippen LogP contribution in [0.15, 0.2) is 54.6 Å². The van der Waals surface area contributed by atoms with Gasteiger partial charge in [-0.25, -0.2) is 0 Å². The Morgan fingerprint density at radius 2 is 1.75 bits per heavy atom. The number of hydrogen-bond acceptors (Lipinski definition) is 4. The van der Waals surface area contributed by atoms with Crippen molar-refractivity contribution in [1.82, 2.24) is 4.90 Å². The summed E-state index contributed by atoms with van der Waals surface area (Å²) in [5, 5.41) is 0. The molecule has 0 radical (unpaired) electrons. The first-order valence-corrected chi connectivity index (χ1v) is 10.1. The summed E-state index contributed by atoms with van der Waals surface area (Å²) in [6, 6.07) is 18.3. The van der Waals surface area contributed by atoms with Gasteiger partial charge in [0.15, 0.2) is 0 Å². The van der Waals surface area contributed by atoms with Crippen molar-refractivity contribution >= 4 is 11.6 Å². The number of piperidine rings is 1. The van der Waals surface area contributed by atoms with Gasteiger partial charge in [-0.15, -0.1) is 0 Å². The standard InChI is InChI=1S/C23H28N2O3/c1-2-27-21-10-8-19(9-11-21)16-24-14-12-23(13-15-24)18-25(22(26)17-28-23)20-6-4-3-5-7-20/h3-11H,2,12-18H2,1H3. The number of amides is 1. The highest BCUT2D eigenvalue weighted by Gasteiger charge is 2.42. The summed E-state index contributed by atoms with van der Waals surface area (Å²) in [4.78, 5) is 16.7. The number of para-hydroxylation sites is 1. The number of benzene rings is 2. The van der Waals surface area contributed by atoms with Crippen molar-refractivity contribution in [3.63, 3.8) is 0 Å². The fourth-order valence-electron chi connectivity index (χ4n) is 4.10. The van der Waals surface area contributed by atoms with Crippen LogP contribution >= 0.6 is 0 Å². The molecule has 0 aromatic heterocycles. The molecule has 28 heavy (non-hydrogen) atoms. The normalized spacial score (nSPS) is 19.8. The van der Waals surface area contributed by atoms with Gasteiger partial charge >= 0.3 is 0 Å². The van der Waals surface area contributed by atoms with Crippen LogP contribution in [0.3, 0.4) is 0 Å². The highest BCUT2D eigenvalue weighted by atomic mass is 16.5. The van der Waals surface area contributed by atoms with Gasteiger partial charge in [-0.2, -0.15) is 0 Å². The van der Waals surface area contributed by atoms with Gasteiger partial charge in [0.2, 0.25) is 0 Å². The maximum atomic E-state index is 12.4. The topological polar surface area (TPSA) is 42.0 Å². The molecule has 0 unspecified atom stereocenters. The van der Waals surface area contributed by atoms with Crippen LogP contribution in [-0.2, 0) is 16.1 Å². The molecule has 0 saturated carbocycles. The van der Waals surface area contributed by atoms with Crippen molar-refractivity contribution in [2.45, 2.75) is 31.9 Å². The van der Waals surface area contributed by atoms with Crippen LogP contribution in [0.4, 0.5) is 5.69 Å². The lowest BCUT2D eigenvalue weighted by molar-refractivity contribution is -0.144. The average Bonchev–Trinajstić information content (AvgIpc) is 2.74. The van der Waals surface area contributed by atoms with Crippen molar-refractivity contribution in [3.8, 4) is 5.75 Å². The molecule has 2 fully saturated rings. The Balaban J connectivity index is 1.35. The van der Waals surface area contributed by atoms with E-state index in [1.807, 2.05) is 54.3 Å². The van der Waals surface area contributed by atoms with Gasteiger partial charge in [-0.05, 0) is 49.6 Å². The lowest BCUT2D eigenvalue weighted by atomic mass is 9.88. The number of carbonyl (C=O) groups is 1. The molecule has 2 aliphatic heterocycles. The van der Waals surface area contributed by atoms with E-state index in [9.17, 15) is 4.79 Å². The fraction of sp³-hybridized carbons (Fsp3) is 0.435. The smallest absolute Gasteiger partial charge is 0.253 e. The minimum absolute atomic E-state index is 0.0497. The molecular weight excluding hydrogens is 352 g/mol. The molecule has 0 N–H and O–H groups in total. The molecule has 2 heterocycles. The predicted octanol–water partition coefficient (Wildman–Crippen LogP) is 3.48. The van der Waals surface area contributed by atoms with E-state index >= 15 is 0 Å². The first-order valence-electron chi connectivity index (χ1n) is 10.1. The molecule has 2 aliphatic rings. The van der Waals surface area contributed by atoms with Crippen LogP contribution in [0.25, 0.3) is 0 Å². The maximum Gasteiger partial charge on any atom is 0.253 e. The molecule has 2 aromatic carbocycles. The van der Waals surface area contributed by atoms with Gasteiger partial charge in [-0.3, -0.25) is 9.69 Å². The first kappa shape index (κ1) is 19.0. The average molecular weight is 380 g/mol. The largest absolute Gasteiger partial charge is 0.494 e. The number of anilines is 1. The minimum Gasteiger partial charge on any atom is -0.494 e. The zero-order chi connectivity index (χ0) is 19.4. The fourth-order valence-corrected chi connectivity index (χ4v) is 4.10. The van der Waals surface area contributed by atoms with Crippen molar-refractivity contribution in [1.29, 1.82) is 0 Å². The van der Waals surface area contributed by atoms with E-state index in [4.69, 9.17) is 9.47 Å². The Kier molecular flexibility index (Phi) is 5.64. The van der Waals surface area contributed by atoms with Crippen LogP contribution in [0.2, 0.25) is 0 Å². The summed E-state index contributed by atoms with van der Waals surface area (Å²) >= 11 is 0. The van der Waals surface area contributed by atoms with Gasteiger partial charge in [0.25, 0.3) is 5.91 Å².